The van der Waals surface area contributed by atoms with Crippen molar-refractivity contribution in [3.05, 3.63) is 54.1 Å². The van der Waals surface area contributed by atoms with Gasteiger partial charge < -0.3 is 26.2 Å². The van der Waals surface area contributed by atoms with Gasteiger partial charge in [-0.15, -0.1) is 5.10 Å². The van der Waals surface area contributed by atoms with E-state index in [0.29, 0.717) is 23.0 Å². The zero-order chi connectivity index (χ0) is 26.2. The molecular formula is C25H30FN9O2. The highest BCUT2D eigenvalue weighted by atomic mass is 19.1. The summed E-state index contributed by atoms with van der Waals surface area (Å²) in [6.45, 7) is 6.10. The molecule has 0 radical (unpaired) electrons. The first kappa shape index (κ1) is 24.6. The Labute approximate surface area is 213 Å². The Kier molecular flexibility index (Phi) is 6.50. The fourth-order valence-electron chi connectivity index (χ4n) is 4.25. The highest BCUT2D eigenvalue weighted by molar-refractivity contribution is 6.03. The lowest BCUT2D eigenvalue weighted by atomic mass is 9.92. The Morgan fingerprint density at radius 3 is 2.62 bits per heavy atom. The molecule has 1 aliphatic rings. The monoisotopic (exact) mass is 507 g/mol. The van der Waals surface area contributed by atoms with Crippen molar-refractivity contribution in [3.63, 3.8) is 0 Å². The Morgan fingerprint density at radius 2 is 1.92 bits per heavy atom. The number of carbonyl (C=O) groups excluding carboxylic acids is 1. The molecule has 1 fully saturated rings. The van der Waals surface area contributed by atoms with Gasteiger partial charge in [0.1, 0.15) is 11.6 Å². The van der Waals surface area contributed by atoms with Crippen LogP contribution in [-0.2, 0) is 5.41 Å². The van der Waals surface area contributed by atoms with Gasteiger partial charge in [0.2, 0.25) is 0 Å². The summed E-state index contributed by atoms with van der Waals surface area (Å²) in [5.41, 5.74) is 6.98. The third-order valence-corrected chi connectivity index (χ3v) is 6.36. The first-order chi connectivity index (χ1) is 17.7. The first-order valence-corrected chi connectivity index (χ1v) is 12.2. The van der Waals surface area contributed by atoms with Crippen LogP contribution >= 0.6 is 0 Å². The summed E-state index contributed by atoms with van der Waals surface area (Å²) < 4.78 is 21.0. The van der Waals surface area contributed by atoms with Crippen molar-refractivity contribution < 1.29 is 13.7 Å². The number of fused-ring (bicyclic) bond motifs is 1. The maximum Gasteiger partial charge on any atom is 0.276 e. The lowest BCUT2D eigenvalue weighted by Gasteiger charge is -2.27. The van der Waals surface area contributed by atoms with Crippen LogP contribution in [0.25, 0.3) is 5.65 Å². The second-order valence-electron chi connectivity index (χ2n) is 10.3. The molecule has 1 aliphatic carbocycles. The number of imidazole rings is 1. The van der Waals surface area contributed by atoms with Gasteiger partial charge in [0.25, 0.3) is 5.91 Å². The molecule has 12 heteroatoms. The molecule has 0 bridgehead atoms. The van der Waals surface area contributed by atoms with Crippen molar-refractivity contribution in [1.29, 1.82) is 0 Å². The minimum Gasteiger partial charge on any atom is -0.366 e. The van der Waals surface area contributed by atoms with Gasteiger partial charge in [0.05, 0.1) is 23.8 Å². The maximum absolute atomic E-state index is 14.1. The second kappa shape index (κ2) is 9.77. The molecule has 5 N–H and O–H groups in total. The maximum atomic E-state index is 14.1. The zero-order valence-electron chi connectivity index (χ0n) is 21.0. The van der Waals surface area contributed by atoms with Gasteiger partial charge in [-0.2, -0.15) is 0 Å². The Morgan fingerprint density at radius 1 is 1.14 bits per heavy atom. The normalized spacial score (nSPS) is 18.1. The smallest absolute Gasteiger partial charge is 0.276 e. The molecule has 4 heterocycles. The van der Waals surface area contributed by atoms with Crippen LogP contribution < -0.4 is 21.7 Å². The van der Waals surface area contributed by atoms with E-state index in [1.165, 1.54) is 23.0 Å². The van der Waals surface area contributed by atoms with E-state index in [2.05, 4.69) is 36.2 Å². The summed E-state index contributed by atoms with van der Waals surface area (Å²) in [5.74, 6) is 0.573. The largest absolute Gasteiger partial charge is 0.366 e. The number of nitrogens with two attached hydrogens (primary N) is 1. The van der Waals surface area contributed by atoms with Gasteiger partial charge in [0.15, 0.2) is 23.0 Å². The molecular weight excluding hydrogens is 477 g/mol. The molecule has 0 spiro atoms. The van der Waals surface area contributed by atoms with E-state index in [1.807, 2.05) is 32.9 Å². The van der Waals surface area contributed by atoms with Crippen LogP contribution in [0.15, 0.2) is 41.3 Å². The van der Waals surface area contributed by atoms with Crippen LogP contribution in [0.2, 0.25) is 0 Å². The van der Waals surface area contributed by atoms with E-state index >= 15 is 0 Å². The number of amides is 1. The minimum atomic E-state index is -0.640. The Balaban J connectivity index is 1.50. The van der Waals surface area contributed by atoms with E-state index < -0.39 is 11.7 Å². The third-order valence-electron chi connectivity index (χ3n) is 6.36. The van der Waals surface area contributed by atoms with Crippen LogP contribution in [0.5, 0.6) is 0 Å². The molecule has 0 atom stereocenters. The lowest BCUT2D eigenvalue weighted by molar-refractivity contribution is 0.102. The summed E-state index contributed by atoms with van der Waals surface area (Å²) in [4.78, 5) is 21.2. The predicted molar refractivity (Wildman–Crippen MR) is 137 cm³/mol. The summed E-state index contributed by atoms with van der Waals surface area (Å²) in [6, 6.07) is 5.45. The highest BCUT2D eigenvalue weighted by Gasteiger charge is 2.23. The number of hydrogen-bond donors (Lipinski definition) is 4. The molecule has 4 aromatic heterocycles. The summed E-state index contributed by atoms with van der Waals surface area (Å²) in [6.07, 6.45) is 7.52. The number of pyridine rings is 1. The fraction of sp³-hybridized carbons (Fsp3) is 0.400. The van der Waals surface area contributed by atoms with Gasteiger partial charge in [-0.3, -0.25) is 9.78 Å². The predicted octanol–water partition coefficient (Wildman–Crippen LogP) is 4.23. The lowest BCUT2D eigenvalue weighted by Crippen LogP contribution is -2.33. The number of halogens is 1. The number of nitrogens with one attached hydrogen (secondary N) is 3. The van der Waals surface area contributed by atoms with Crippen molar-refractivity contribution in [1.82, 2.24) is 24.7 Å². The van der Waals surface area contributed by atoms with Gasteiger partial charge in [-0.05, 0) is 31.7 Å². The van der Waals surface area contributed by atoms with E-state index in [9.17, 15) is 9.18 Å². The van der Waals surface area contributed by atoms with Gasteiger partial charge >= 0.3 is 0 Å². The quantitative estimate of drug-likeness (QED) is 0.301. The molecule has 5 rings (SSSR count). The van der Waals surface area contributed by atoms with Crippen LogP contribution in [0, 0.1) is 5.82 Å². The van der Waals surface area contributed by atoms with Crippen molar-refractivity contribution in [3.8, 4) is 0 Å². The van der Waals surface area contributed by atoms with Crippen LogP contribution in [0.1, 0.15) is 62.7 Å². The molecule has 1 amide bonds. The van der Waals surface area contributed by atoms with E-state index in [4.69, 9.17) is 10.3 Å². The molecule has 0 aliphatic heterocycles. The fourth-order valence-corrected chi connectivity index (χ4v) is 4.25. The van der Waals surface area contributed by atoms with Gasteiger partial charge in [-0.25, -0.2) is 13.9 Å². The average Bonchev–Trinajstić information content (AvgIpc) is 3.50. The Hall–Kier alpha value is -4.06. The zero-order valence-corrected chi connectivity index (χ0v) is 21.0. The van der Waals surface area contributed by atoms with Crippen molar-refractivity contribution in [2.45, 2.75) is 64.0 Å². The van der Waals surface area contributed by atoms with E-state index in [0.717, 1.165) is 37.6 Å². The number of rotatable bonds is 6. The molecule has 0 unspecified atom stereocenters. The first-order valence-electron chi connectivity index (χ1n) is 12.2. The van der Waals surface area contributed by atoms with Crippen LogP contribution in [0.4, 0.5) is 27.4 Å². The second-order valence-corrected chi connectivity index (χ2v) is 10.3. The van der Waals surface area contributed by atoms with Crippen LogP contribution in [-0.4, -0.2) is 42.7 Å². The molecule has 194 valence electrons. The van der Waals surface area contributed by atoms with E-state index in [-0.39, 0.29) is 28.9 Å². The summed E-state index contributed by atoms with van der Waals surface area (Å²) in [7, 11) is 0. The minimum absolute atomic E-state index is 0.0124. The standard InChI is InChI=1S/C25H30FN9O2/c1-25(2,3)20-11-22(34-37-20)31-18-10-21(30-15-6-4-14(27)5-7-15)33-35-19(13-29-23(18)35)24(36)32-17-8-9-28-12-16(17)26/h8-15H,4-7,27H2,1-3H3,(H,30,33)(H,31,34)(H,28,32,36). The number of hydrogen-bond acceptors (Lipinski definition) is 9. The summed E-state index contributed by atoms with van der Waals surface area (Å²) in [5, 5.41) is 18.1. The molecule has 11 nitrogen and oxygen atoms in total. The van der Waals surface area contributed by atoms with Crippen molar-refractivity contribution in [2.24, 2.45) is 5.73 Å². The average molecular weight is 508 g/mol. The molecule has 4 aromatic rings. The van der Waals surface area contributed by atoms with Crippen molar-refractivity contribution >= 4 is 34.6 Å². The van der Waals surface area contributed by atoms with Crippen LogP contribution in [0.3, 0.4) is 0 Å². The van der Waals surface area contributed by atoms with Crippen molar-refractivity contribution in [2.75, 3.05) is 16.0 Å². The van der Waals surface area contributed by atoms with Gasteiger partial charge in [-0.1, -0.05) is 25.9 Å². The number of anilines is 4. The molecule has 1 saturated carbocycles. The number of carbonyl (C=O) groups is 1. The molecule has 37 heavy (non-hydrogen) atoms. The highest BCUT2D eigenvalue weighted by Crippen LogP contribution is 2.29. The molecule has 0 saturated heterocycles. The summed E-state index contributed by atoms with van der Waals surface area (Å²) >= 11 is 0. The Bertz CT molecular complexity index is 1420. The topological polar surface area (TPSA) is 148 Å². The van der Waals surface area contributed by atoms with E-state index in [1.54, 1.807) is 0 Å². The third kappa shape index (κ3) is 5.38. The molecule has 0 aromatic carbocycles. The van der Waals surface area contributed by atoms with Gasteiger partial charge in [0, 0.05) is 35.8 Å². The number of aromatic nitrogens is 5. The SMILES string of the molecule is CC(C)(C)c1cc(Nc2cc(NC3CCC(N)CC3)nn3c(C(=O)Nc4ccncc4F)cnc23)no1. The number of nitrogens with zero attached hydrogens (tertiary/aromatic N) is 5.